The van der Waals surface area contributed by atoms with E-state index < -0.39 is 0 Å². The van der Waals surface area contributed by atoms with E-state index in [0.29, 0.717) is 0 Å². The highest BCUT2D eigenvalue weighted by Crippen LogP contribution is 2.38. The van der Waals surface area contributed by atoms with Crippen molar-refractivity contribution in [2.45, 2.75) is 12.5 Å². The maximum absolute atomic E-state index is 5.15. The molecule has 6 aromatic rings. The molecule has 1 aliphatic heterocycles. The highest BCUT2D eigenvalue weighted by atomic mass is 15.5. The monoisotopic (exact) mass is 542 g/mol. The maximum Gasteiger partial charge on any atom is 0.213 e. The number of benzene rings is 5. The van der Waals surface area contributed by atoms with Gasteiger partial charge in [-0.3, -0.25) is 5.01 Å². The van der Waals surface area contributed by atoms with E-state index in [1.807, 2.05) is 0 Å². The van der Waals surface area contributed by atoms with E-state index in [0.717, 1.165) is 17.8 Å². The van der Waals surface area contributed by atoms with Crippen LogP contribution >= 0.6 is 0 Å². The molecule has 7 rings (SSSR count). The van der Waals surface area contributed by atoms with E-state index in [-0.39, 0.29) is 6.04 Å². The number of nitrogens with zero attached hydrogens (tertiary/aromatic N) is 3. The zero-order valence-electron chi connectivity index (χ0n) is 23.6. The van der Waals surface area contributed by atoms with Crippen LogP contribution in [0.25, 0.3) is 33.6 Å². The highest BCUT2D eigenvalue weighted by molar-refractivity contribution is 6.03. The van der Waals surface area contributed by atoms with E-state index in [2.05, 4.69) is 174 Å². The third kappa shape index (κ3) is 5.02. The zero-order valence-corrected chi connectivity index (χ0v) is 23.6. The second-order valence-corrected chi connectivity index (χ2v) is 10.7. The fourth-order valence-electron chi connectivity index (χ4n) is 5.89. The standard InChI is InChI=1S/C39H32N3/c1-41-37(31-16-8-3-9-17-31)26-34(27-38(41)32-18-10-4-11-19-32)29-22-24-35(25-23-29)42-39(33-20-12-5-13-21-33)28-36(40-42)30-14-6-2-7-15-30/h2-27,39H,28H2,1H3/q+1. The summed E-state index contributed by atoms with van der Waals surface area (Å²) in [5.41, 5.74) is 11.8. The van der Waals surface area contributed by atoms with Gasteiger partial charge in [0.15, 0.2) is 0 Å². The number of anilines is 1. The lowest BCUT2D eigenvalue weighted by molar-refractivity contribution is -0.649. The molecular formula is C39H32N3+. The van der Waals surface area contributed by atoms with Gasteiger partial charge in [0.05, 0.1) is 17.4 Å². The van der Waals surface area contributed by atoms with Crippen molar-refractivity contribution >= 4 is 11.4 Å². The van der Waals surface area contributed by atoms with Crippen molar-refractivity contribution in [3.63, 3.8) is 0 Å². The third-order valence-corrected chi connectivity index (χ3v) is 8.11. The van der Waals surface area contributed by atoms with Crippen LogP contribution in [0.3, 0.4) is 0 Å². The Hall–Kier alpha value is -5.28. The SMILES string of the molecule is C[n+]1c(-c2ccccc2)cc(-c2ccc(N3N=C(c4ccccc4)CC3c3ccccc3)cc2)cc1-c1ccccc1. The van der Waals surface area contributed by atoms with Crippen LogP contribution in [0.2, 0.25) is 0 Å². The summed E-state index contributed by atoms with van der Waals surface area (Å²) in [6.45, 7) is 0. The number of aromatic nitrogens is 1. The molecule has 0 spiro atoms. The molecular weight excluding hydrogens is 510 g/mol. The number of pyridine rings is 1. The van der Waals surface area contributed by atoms with Crippen LogP contribution in [-0.4, -0.2) is 5.71 Å². The molecule has 1 atom stereocenters. The van der Waals surface area contributed by atoms with Crippen molar-refractivity contribution in [2.75, 3.05) is 5.01 Å². The first-order valence-electron chi connectivity index (χ1n) is 14.5. The molecule has 0 N–H and O–H groups in total. The lowest BCUT2D eigenvalue weighted by Crippen LogP contribution is -2.34. The predicted octanol–water partition coefficient (Wildman–Crippen LogP) is 8.87. The van der Waals surface area contributed by atoms with E-state index >= 15 is 0 Å². The van der Waals surface area contributed by atoms with Gasteiger partial charge in [0.1, 0.15) is 7.05 Å². The second kappa shape index (κ2) is 11.3. The summed E-state index contributed by atoms with van der Waals surface area (Å²) in [6, 6.07) is 56.1. The Kier molecular flexibility index (Phi) is 6.91. The lowest BCUT2D eigenvalue weighted by Gasteiger charge is -2.24. The van der Waals surface area contributed by atoms with Gasteiger partial charge in [-0.2, -0.15) is 9.67 Å². The average Bonchev–Trinajstić information content (AvgIpc) is 3.52. The van der Waals surface area contributed by atoms with Gasteiger partial charge in [-0.15, -0.1) is 0 Å². The van der Waals surface area contributed by atoms with Gasteiger partial charge >= 0.3 is 0 Å². The van der Waals surface area contributed by atoms with Crippen molar-refractivity contribution in [1.29, 1.82) is 0 Å². The maximum atomic E-state index is 5.15. The highest BCUT2D eigenvalue weighted by Gasteiger charge is 2.30. The first kappa shape index (κ1) is 25.7. The first-order valence-corrected chi connectivity index (χ1v) is 14.5. The Balaban J connectivity index is 1.29. The average molecular weight is 543 g/mol. The topological polar surface area (TPSA) is 19.5 Å². The minimum atomic E-state index is 0.150. The van der Waals surface area contributed by atoms with Crippen LogP contribution in [0.4, 0.5) is 5.69 Å². The molecule has 5 aromatic carbocycles. The van der Waals surface area contributed by atoms with E-state index in [1.165, 1.54) is 44.8 Å². The van der Waals surface area contributed by atoms with Crippen molar-refractivity contribution < 1.29 is 4.57 Å². The Labute approximate surface area is 247 Å². The second-order valence-electron chi connectivity index (χ2n) is 10.7. The van der Waals surface area contributed by atoms with Gasteiger partial charge in [0.25, 0.3) is 0 Å². The molecule has 0 saturated carbocycles. The summed E-state index contributed by atoms with van der Waals surface area (Å²) in [5.74, 6) is 0. The van der Waals surface area contributed by atoms with Crippen molar-refractivity contribution in [2.24, 2.45) is 12.1 Å². The van der Waals surface area contributed by atoms with Crippen molar-refractivity contribution in [1.82, 2.24) is 0 Å². The third-order valence-electron chi connectivity index (χ3n) is 8.11. The van der Waals surface area contributed by atoms with Crippen LogP contribution in [0.15, 0.2) is 163 Å². The van der Waals surface area contributed by atoms with Gasteiger partial charge in [-0.05, 0) is 58.7 Å². The smallest absolute Gasteiger partial charge is 0.213 e. The van der Waals surface area contributed by atoms with E-state index in [4.69, 9.17) is 5.10 Å². The molecule has 3 heteroatoms. The zero-order chi connectivity index (χ0) is 28.3. The summed E-state index contributed by atoms with van der Waals surface area (Å²) in [4.78, 5) is 0. The largest absolute Gasteiger partial charge is 0.257 e. The van der Waals surface area contributed by atoms with Gasteiger partial charge in [0.2, 0.25) is 11.4 Å². The molecule has 3 nitrogen and oxygen atoms in total. The van der Waals surface area contributed by atoms with Crippen molar-refractivity contribution in [3.05, 3.63) is 169 Å². The predicted molar refractivity (Wildman–Crippen MR) is 173 cm³/mol. The summed E-state index contributed by atoms with van der Waals surface area (Å²) < 4.78 is 2.29. The summed E-state index contributed by atoms with van der Waals surface area (Å²) in [7, 11) is 2.15. The molecule has 0 radical (unpaired) electrons. The van der Waals surface area contributed by atoms with Gasteiger partial charge in [0, 0.05) is 29.7 Å². The molecule has 42 heavy (non-hydrogen) atoms. The van der Waals surface area contributed by atoms with Crippen LogP contribution in [0, 0.1) is 0 Å². The first-order chi connectivity index (χ1) is 20.7. The Morgan fingerprint density at radius 1 is 0.524 bits per heavy atom. The molecule has 1 unspecified atom stereocenters. The lowest BCUT2D eigenvalue weighted by atomic mass is 9.97. The molecule has 2 heterocycles. The number of rotatable bonds is 6. The fraction of sp³-hybridized carbons (Fsp3) is 0.0769. The fourth-order valence-corrected chi connectivity index (χ4v) is 5.89. The minimum Gasteiger partial charge on any atom is -0.257 e. The van der Waals surface area contributed by atoms with Gasteiger partial charge < -0.3 is 0 Å². The molecule has 1 aromatic heterocycles. The summed E-state index contributed by atoms with van der Waals surface area (Å²) in [5, 5.41) is 7.35. The quantitative estimate of drug-likeness (QED) is 0.192. The Morgan fingerprint density at radius 3 is 1.52 bits per heavy atom. The summed E-state index contributed by atoms with van der Waals surface area (Å²) in [6.07, 6.45) is 0.867. The Bertz CT molecular complexity index is 1770. The molecule has 202 valence electrons. The molecule has 0 amide bonds. The Morgan fingerprint density at radius 2 is 1.00 bits per heavy atom. The number of hydrogen-bond acceptors (Lipinski definition) is 2. The van der Waals surface area contributed by atoms with Crippen molar-refractivity contribution in [3.8, 4) is 33.6 Å². The van der Waals surface area contributed by atoms with E-state index in [9.17, 15) is 0 Å². The molecule has 0 saturated heterocycles. The van der Waals surface area contributed by atoms with Crippen LogP contribution in [-0.2, 0) is 7.05 Å². The minimum absolute atomic E-state index is 0.150. The van der Waals surface area contributed by atoms with Crippen LogP contribution < -0.4 is 9.58 Å². The molecule has 0 fully saturated rings. The molecule has 0 bridgehead atoms. The molecule has 1 aliphatic rings. The van der Waals surface area contributed by atoms with Crippen LogP contribution in [0.5, 0.6) is 0 Å². The van der Waals surface area contributed by atoms with E-state index in [1.54, 1.807) is 0 Å². The summed E-state index contributed by atoms with van der Waals surface area (Å²) >= 11 is 0. The molecule has 0 aliphatic carbocycles. The normalized spacial score (nSPS) is 14.5. The van der Waals surface area contributed by atoms with Gasteiger partial charge in [-0.25, -0.2) is 0 Å². The van der Waals surface area contributed by atoms with Crippen LogP contribution in [0.1, 0.15) is 23.6 Å². The number of hydrogen-bond donors (Lipinski definition) is 0. The van der Waals surface area contributed by atoms with Gasteiger partial charge in [-0.1, -0.05) is 109 Å². The number of hydrazone groups is 1.